The van der Waals surface area contributed by atoms with E-state index in [4.69, 9.17) is 0 Å². The zero-order valence-electron chi connectivity index (χ0n) is 14.4. The van der Waals surface area contributed by atoms with Crippen molar-refractivity contribution in [3.8, 4) is 0 Å². The van der Waals surface area contributed by atoms with Crippen molar-refractivity contribution in [1.82, 2.24) is 9.88 Å². The molecule has 0 atom stereocenters. The van der Waals surface area contributed by atoms with Crippen LogP contribution in [0.2, 0.25) is 0 Å². The molecule has 0 bridgehead atoms. The van der Waals surface area contributed by atoms with Gasteiger partial charge in [0.2, 0.25) is 0 Å². The summed E-state index contributed by atoms with van der Waals surface area (Å²) in [6.45, 7) is 6.39. The lowest BCUT2D eigenvalue weighted by molar-refractivity contribution is 0.201. The molecule has 1 fully saturated rings. The summed E-state index contributed by atoms with van der Waals surface area (Å²) >= 11 is 0. The molecule has 1 saturated heterocycles. The van der Waals surface area contributed by atoms with Crippen molar-refractivity contribution in [2.75, 3.05) is 24.5 Å². The Kier molecular flexibility index (Phi) is 5.83. The first-order valence-electron chi connectivity index (χ1n) is 8.89. The number of aliphatic hydroxyl groups excluding tert-OH is 1. The first kappa shape index (κ1) is 16.9. The fourth-order valence-electron chi connectivity index (χ4n) is 3.62. The number of anilines is 1. The fraction of sp³-hybridized carbons (Fsp3) is 0.450. The van der Waals surface area contributed by atoms with E-state index < -0.39 is 0 Å². The predicted molar refractivity (Wildman–Crippen MR) is 97.9 cm³/mol. The number of rotatable bonds is 6. The van der Waals surface area contributed by atoms with Crippen LogP contribution >= 0.6 is 0 Å². The van der Waals surface area contributed by atoms with E-state index in [9.17, 15) is 5.11 Å². The Morgan fingerprint density at radius 1 is 1.12 bits per heavy atom. The van der Waals surface area contributed by atoms with Gasteiger partial charge in [-0.2, -0.15) is 0 Å². The van der Waals surface area contributed by atoms with E-state index in [2.05, 4.69) is 52.0 Å². The van der Waals surface area contributed by atoms with E-state index in [1.54, 1.807) is 0 Å². The maximum absolute atomic E-state index is 9.59. The van der Waals surface area contributed by atoms with Gasteiger partial charge in [0.1, 0.15) is 5.82 Å². The van der Waals surface area contributed by atoms with Crippen LogP contribution in [-0.2, 0) is 13.2 Å². The molecule has 1 N–H and O–H groups in total. The van der Waals surface area contributed by atoms with E-state index in [0.29, 0.717) is 6.04 Å². The number of hydrogen-bond acceptors (Lipinski definition) is 4. The number of hydrogen-bond donors (Lipinski definition) is 1. The van der Waals surface area contributed by atoms with Gasteiger partial charge in [0, 0.05) is 44.0 Å². The van der Waals surface area contributed by atoms with E-state index in [1.165, 1.54) is 5.56 Å². The Morgan fingerprint density at radius 3 is 2.54 bits per heavy atom. The molecule has 1 aliphatic heterocycles. The average molecular weight is 325 g/mol. The van der Waals surface area contributed by atoms with Crippen molar-refractivity contribution in [3.63, 3.8) is 0 Å². The largest absolute Gasteiger partial charge is 0.392 e. The second kappa shape index (κ2) is 8.27. The Labute approximate surface area is 144 Å². The molecule has 128 valence electrons. The maximum atomic E-state index is 9.59. The zero-order chi connectivity index (χ0) is 16.8. The van der Waals surface area contributed by atoms with Crippen LogP contribution in [0.3, 0.4) is 0 Å². The Bertz CT molecular complexity index is 624. The molecule has 4 heteroatoms. The van der Waals surface area contributed by atoms with Crippen molar-refractivity contribution >= 4 is 5.82 Å². The Balaban J connectivity index is 1.62. The number of pyridine rings is 1. The molecule has 2 aromatic rings. The van der Waals surface area contributed by atoms with E-state index >= 15 is 0 Å². The van der Waals surface area contributed by atoms with Crippen molar-refractivity contribution < 1.29 is 5.11 Å². The Hall–Kier alpha value is -1.91. The summed E-state index contributed by atoms with van der Waals surface area (Å²) in [4.78, 5) is 9.43. The summed E-state index contributed by atoms with van der Waals surface area (Å²) in [5.41, 5.74) is 2.31. The molecule has 3 rings (SSSR count). The third-order valence-electron chi connectivity index (χ3n) is 4.90. The number of aliphatic hydroxyl groups is 1. The van der Waals surface area contributed by atoms with Gasteiger partial charge in [-0.25, -0.2) is 4.98 Å². The number of likely N-dealkylation sites (tertiary alicyclic amines) is 1. The maximum Gasteiger partial charge on any atom is 0.134 e. The smallest absolute Gasteiger partial charge is 0.134 e. The second-order valence-corrected chi connectivity index (χ2v) is 6.42. The quantitative estimate of drug-likeness (QED) is 0.886. The van der Waals surface area contributed by atoms with E-state index in [0.717, 1.165) is 50.4 Å². The molecule has 0 amide bonds. The molecule has 0 spiro atoms. The lowest BCUT2D eigenvalue weighted by Gasteiger charge is -2.39. The number of nitrogens with zero attached hydrogens (tertiary/aromatic N) is 3. The van der Waals surface area contributed by atoms with E-state index in [1.807, 2.05) is 18.3 Å². The minimum absolute atomic E-state index is 0.0481. The van der Waals surface area contributed by atoms with Crippen molar-refractivity contribution in [2.24, 2.45) is 0 Å². The van der Waals surface area contributed by atoms with E-state index in [-0.39, 0.29) is 6.61 Å². The third kappa shape index (κ3) is 3.94. The third-order valence-corrected chi connectivity index (χ3v) is 4.90. The van der Waals surface area contributed by atoms with Crippen LogP contribution in [0.15, 0.2) is 48.7 Å². The molecule has 0 saturated carbocycles. The summed E-state index contributed by atoms with van der Waals surface area (Å²) in [5, 5.41) is 9.59. The van der Waals surface area contributed by atoms with Gasteiger partial charge in [-0.15, -0.1) is 0 Å². The minimum atomic E-state index is 0.0481. The zero-order valence-corrected chi connectivity index (χ0v) is 14.4. The van der Waals surface area contributed by atoms with Crippen LogP contribution in [0.5, 0.6) is 0 Å². The fourth-order valence-corrected chi connectivity index (χ4v) is 3.62. The van der Waals surface area contributed by atoms with Gasteiger partial charge in [-0.1, -0.05) is 36.4 Å². The van der Waals surface area contributed by atoms with Gasteiger partial charge >= 0.3 is 0 Å². The summed E-state index contributed by atoms with van der Waals surface area (Å²) < 4.78 is 0. The standard InChI is InChI=1S/C20H27N3O/c1-2-23(20-18(16-24)9-6-12-21-20)19-10-13-22(14-11-19)15-17-7-4-3-5-8-17/h3-9,12,19,24H,2,10-11,13-16H2,1H3. The molecular weight excluding hydrogens is 298 g/mol. The molecule has 1 aromatic heterocycles. The molecule has 1 aliphatic rings. The molecular formula is C20H27N3O. The summed E-state index contributed by atoms with van der Waals surface area (Å²) in [6, 6.07) is 15.1. The highest BCUT2D eigenvalue weighted by Crippen LogP contribution is 2.25. The van der Waals surface area contributed by atoms with Gasteiger partial charge in [0.05, 0.1) is 6.61 Å². The van der Waals surface area contributed by atoms with Gasteiger partial charge in [0.25, 0.3) is 0 Å². The van der Waals surface area contributed by atoms with Gasteiger partial charge in [-0.05, 0) is 31.4 Å². The number of aromatic nitrogens is 1. The van der Waals surface area contributed by atoms with Crippen molar-refractivity contribution in [3.05, 3.63) is 59.8 Å². The average Bonchev–Trinajstić information content (AvgIpc) is 2.65. The topological polar surface area (TPSA) is 39.6 Å². The lowest BCUT2D eigenvalue weighted by atomic mass is 10.0. The molecule has 2 heterocycles. The monoisotopic (exact) mass is 325 g/mol. The first-order valence-corrected chi connectivity index (χ1v) is 8.89. The SMILES string of the molecule is CCN(c1ncccc1CO)C1CCN(Cc2ccccc2)CC1. The molecule has 24 heavy (non-hydrogen) atoms. The highest BCUT2D eigenvalue weighted by atomic mass is 16.3. The van der Waals surface area contributed by atoms with Gasteiger partial charge < -0.3 is 10.0 Å². The molecule has 0 unspecified atom stereocenters. The molecule has 4 nitrogen and oxygen atoms in total. The van der Waals surface area contributed by atoms with Crippen LogP contribution in [0.1, 0.15) is 30.9 Å². The number of benzene rings is 1. The van der Waals surface area contributed by atoms with Gasteiger partial charge in [-0.3, -0.25) is 4.90 Å². The van der Waals surface area contributed by atoms with Crippen molar-refractivity contribution in [2.45, 2.75) is 39.0 Å². The lowest BCUT2D eigenvalue weighted by Crippen LogP contribution is -2.45. The summed E-state index contributed by atoms with van der Waals surface area (Å²) in [5.74, 6) is 0.948. The van der Waals surface area contributed by atoms with Crippen LogP contribution < -0.4 is 4.90 Å². The molecule has 0 radical (unpaired) electrons. The van der Waals surface area contributed by atoms with Crippen LogP contribution in [0.25, 0.3) is 0 Å². The summed E-state index contributed by atoms with van der Waals surface area (Å²) in [6.07, 6.45) is 4.10. The van der Waals surface area contributed by atoms with Gasteiger partial charge in [0.15, 0.2) is 0 Å². The highest BCUT2D eigenvalue weighted by Gasteiger charge is 2.25. The first-order chi connectivity index (χ1) is 11.8. The van der Waals surface area contributed by atoms with Crippen LogP contribution in [0, 0.1) is 0 Å². The minimum Gasteiger partial charge on any atom is -0.392 e. The highest BCUT2D eigenvalue weighted by molar-refractivity contribution is 5.47. The van der Waals surface area contributed by atoms with Crippen LogP contribution in [0.4, 0.5) is 5.82 Å². The predicted octanol–water partition coefficient (Wildman–Crippen LogP) is 3.06. The molecule has 1 aromatic carbocycles. The normalized spacial score (nSPS) is 16.2. The second-order valence-electron chi connectivity index (χ2n) is 6.42. The number of piperidine rings is 1. The molecule has 0 aliphatic carbocycles. The van der Waals surface area contributed by atoms with Crippen molar-refractivity contribution in [1.29, 1.82) is 0 Å². The van der Waals surface area contributed by atoms with Crippen LogP contribution in [-0.4, -0.2) is 40.7 Å². The summed E-state index contributed by atoms with van der Waals surface area (Å²) in [7, 11) is 0. The Morgan fingerprint density at radius 2 is 1.88 bits per heavy atom.